The minimum Gasteiger partial charge on any atom is -0.318 e. The molecule has 0 fully saturated rings. The molecule has 18 heavy (non-hydrogen) atoms. The normalized spacial score (nSPS) is 14.3. The van der Waals surface area contributed by atoms with E-state index in [2.05, 4.69) is 0 Å². The number of benzene rings is 2. The molecule has 0 saturated heterocycles. The predicted octanol–water partition coefficient (Wildman–Crippen LogP) is 4.01. The minimum absolute atomic E-state index is 0.284. The molecule has 0 saturated carbocycles. The van der Waals surface area contributed by atoms with Crippen LogP contribution < -0.4 is 5.73 Å². The van der Waals surface area contributed by atoms with Crippen molar-refractivity contribution >= 4 is 11.6 Å². The largest absolute Gasteiger partial charge is 0.318 e. The van der Waals surface area contributed by atoms with Gasteiger partial charge in [0.15, 0.2) is 0 Å². The molecule has 2 aromatic rings. The van der Waals surface area contributed by atoms with E-state index in [4.69, 9.17) is 17.3 Å². The molecular formula is C15H15ClFN. The van der Waals surface area contributed by atoms with Crippen LogP contribution in [0.15, 0.2) is 42.5 Å². The van der Waals surface area contributed by atoms with Crippen LogP contribution in [0.4, 0.5) is 4.39 Å². The van der Waals surface area contributed by atoms with E-state index in [9.17, 15) is 4.39 Å². The third-order valence-electron chi connectivity index (χ3n) is 3.08. The van der Waals surface area contributed by atoms with E-state index in [1.807, 2.05) is 38.1 Å². The maximum atomic E-state index is 13.5. The van der Waals surface area contributed by atoms with Crippen LogP contribution >= 0.6 is 11.6 Å². The van der Waals surface area contributed by atoms with Crippen LogP contribution in [0.5, 0.6) is 0 Å². The molecule has 1 atom stereocenters. The van der Waals surface area contributed by atoms with Crippen LogP contribution in [0.25, 0.3) is 0 Å². The summed E-state index contributed by atoms with van der Waals surface area (Å²) in [6, 6.07) is 12.2. The van der Waals surface area contributed by atoms with Crippen molar-refractivity contribution in [1.82, 2.24) is 0 Å². The Bertz CT molecular complexity index is 558. The van der Waals surface area contributed by atoms with Gasteiger partial charge in [0.1, 0.15) is 5.82 Å². The van der Waals surface area contributed by atoms with Gasteiger partial charge in [0.2, 0.25) is 0 Å². The molecule has 2 N–H and O–H groups in total. The fourth-order valence-corrected chi connectivity index (χ4v) is 2.41. The van der Waals surface area contributed by atoms with Crippen LogP contribution in [-0.2, 0) is 5.54 Å². The maximum Gasteiger partial charge on any atom is 0.123 e. The quantitative estimate of drug-likeness (QED) is 0.870. The SMILES string of the molecule is Cc1cc(F)cc(C(C)(N)c2ccccc2Cl)c1. The average molecular weight is 264 g/mol. The Kier molecular flexibility index (Phi) is 3.42. The molecule has 0 aliphatic rings. The molecule has 0 aromatic heterocycles. The van der Waals surface area contributed by atoms with Crippen molar-refractivity contribution in [3.05, 3.63) is 70.0 Å². The van der Waals surface area contributed by atoms with Gasteiger partial charge in [-0.15, -0.1) is 0 Å². The van der Waals surface area contributed by atoms with Crippen LogP contribution in [0, 0.1) is 12.7 Å². The van der Waals surface area contributed by atoms with E-state index in [1.54, 1.807) is 6.07 Å². The standard InChI is InChI=1S/C15H15ClFN/c1-10-7-11(9-12(17)8-10)15(2,18)13-5-3-4-6-14(13)16/h3-9H,18H2,1-2H3. The predicted molar refractivity (Wildman–Crippen MR) is 73.2 cm³/mol. The van der Waals surface area contributed by atoms with E-state index in [-0.39, 0.29) is 5.82 Å². The van der Waals surface area contributed by atoms with Crippen LogP contribution in [0.1, 0.15) is 23.6 Å². The molecule has 0 amide bonds. The van der Waals surface area contributed by atoms with Gasteiger partial charge in [0.25, 0.3) is 0 Å². The second-order valence-corrected chi connectivity index (χ2v) is 5.11. The van der Waals surface area contributed by atoms with Crippen molar-refractivity contribution in [2.45, 2.75) is 19.4 Å². The van der Waals surface area contributed by atoms with E-state index >= 15 is 0 Å². The number of aryl methyl sites for hydroxylation is 1. The van der Waals surface area contributed by atoms with Gasteiger partial charge >= 0.3 is 0 Å². The fraction of sp³-hybridized carbons (Fsp3) is 0.200. The zero-order valence-electron chi connectivity index (χ0n) is 10.4. The zero-order chi connectivity index (χ0) is 13.3. The van der Waals surface area contributed by atoms with Gasteiger partial charge in [-0.25, -0.2) is 4.39 Å². The summed E-state index contributed by atoms with van der Waals surface area (Å²) in [5.41, 5.74) is 7.88. The molecular weight excluding hydrogens is 249 g/mol. The van der Waals surface area contributed by atoms with Gasteiger partial charge in [-0.05, 0) is 48.7 Å². The molecule has 0 aliphatic carbocycles. The van der Waals surface area contributed by atoms with Crippen molar-refractivity contribution < 1.29 is 4.39 Å². The van der Waals surface area contributed by atoms with E-state index < -0.39 is 5.54 Å². The van der Waals surface area contributed by atoms with Gasteiger partial charge in [-0.2, -0.15) is 0 Å². The number of rotatable bonds is 2. The van der Waals surface area contributed by atoms with Crippen molar-refractivity contribution in [2.75, 3.05) is 0 Å². The summed E-state index contributed by atoms with van der Waals surface area (Å²) < 4.78 is 13.5. The van der Waals surface area contributed by atoms with Crippen molar-refractivity contribution in [3.63, 3.8) is 0 Å². The summed E-state index contributed by atoms with van der Waals surface area (Å²) in [6.07, 6.45) is 0. The lowest BCUT2D eigenvalue weighted by atomic mass is 9.85. The first-order chi connectivity index (χ1) is 8.41. The number of hydrogen-bond donors (Lipinski definition) is 1. The molecule has 1 unspecified atom stereocenters. The summed E-state index contributed by atoms with van der Waals surface area (Å²) in [6.45, 7) is 3.68. The summed E-state index contributed by atoms with van der Waals surface area (Å²) >= 11 is 6.16. The Hall–Kier alpha value is -1.38. The summed E-state index contributed by atoms with van der Waals surface area (Å²) in [7, 11) is 0. The van der Waals surface area contributed by atoms with E-state index in [0.717, 1.165) is 11.1 Å². The number of nitrogens with two attached hydrogens (primary N) is 1. The van der Waals surface area contributed by atoms with Gasteiger partial charge < -0.3 is 5.73 Å². The first kappa shape index (κ1) is 13.1. The van der Waals surface area contributed by atoms with E-state index in [1.165, 1.54) is 12.1 Å². The second-order valence-electron chi connectivity index (χ2n) is 4.70. The number of halogens is 2. The van der Waals surface area contributed by atoms with Gasteiger partial charge in [-0.3, -0.25) is 0 Å². The Morgan fingerprint density at radius 3 is 2.44 bits per heavy atom. The molecule has 0 aliphatic heterocycles. The monoisotopic (exact) mass is 263 g/mol. The molecule has 0 bridgehead atoms. The maximum absolute atomic E-state index is 13.5. The highest BCUT2D eigenvalue weighted by atomic mass is 35.5. The molecule has 0 radical (unpaired) electrons. The van der Waals surface area contributed by atoms with Crippen LogP contribution in [0.3, 0.4) is 0 Å². The van der Waals surface area contributed by atoms with E-state index in [0.29, 0.717) is 10.6 Å². The Labute approximate surface area is 111 Å². The molecule has 2 rings (SSSR count). The van der Waals surface area contributed by atoms with Crippen LogP contribution in [0.2, 0.25) is 5.02 Å². The number of hydrogen-bond acceptors (Lipinski definition) is 1. The third-order valence-corrected chi connectivity index (χ3v) is 3.40. The highest BCUT2D eigenvalue weighted by Gasteiger charge is 2.26. The molecule has 2 aromatic carbocycles. The Morgan fingerprint density at radius 2 is 1.83 bits per heavy atom. The molecule has 3 heteroatoms. The van der Waals surface area contributed by atoms with Crippen molar-refractivity contribution in [2.24, 2.45) is 5.73 Å². The summed E-state index contributed by atoms with van der Waals surface area (Å²) in [5.74, 6) is -0.284. The first-order valence-electron chi connectivity index (χ1n) is 5.73. The third kappa shape index (κ3) is 2.40. The fourth-order valence-electron chi connectivity index (χ4n) is 2.07. The summed E-state index contributed by atoms with van der Waals surface area (Å²) in [4.78, 5) is 0. The minimum atomic E-state index is -0.814. The lowest BCUT2D eigenvalue weighted by Gasteiger charge is -2.27. The smallest absolute Gasteiger partial charge is 0.123 e. The zero-order valence-corrected chi connectivity index (χ0v) is 11.1. The lowest BCUT2D eigenvalue weighted by Crippen LogP contribution is -2.34. The molecule has 94 valence electrons. The first-order valence-corrected chi connectivity index (χ1v) is 6.10. The Balaban J connectivity index is 2.57. The summed E-state index contributed by atoms with van der Waals surface area (Å²) in [5, 5.41) is 0.587. The van der Waals surface area contributed by atoms with Gasteiger partial charge in [-0.1, -0.05) is 35.9 Å². The highest BCUT2D eigenvalue weighted by molar-refractivity contribution is 6.31. The average Bonchev–Trinajstić information content (AvgIpc) is 2.28. The molecule has 0 heterocycles. The highest BCUT2D eigenvalue weighted by Crippen LogP contribution is 2.32. The topological polar surface area (TPSA) is 26.0 Å². The lowest BCUT2D eigenvalue weighted by molar-refractivity contribution is 0.580. The van der Waals surface area contributed by atoms with Crippen LogP contribution in [-0.4, -0.2) is 0 Å². The van der Waals surface area contributed by atoms with Crippen molar-refractivity contribution in [3.8, 4) is 0 Å². The Morgan fingerprint density at radius 1 is 1.17 bits per heavy atom. The van der Waals surface area contributed by atoms with Crippen molar-refractivity contribution in [1.29, 1.82) is 0 Å². The van der Waals surface area contributed by atoms with Gasteiger partial charge in [0.05, 0.1) is 5.54 Å². The second kappa shape index (κ2) is 4.71. The van der Waals surface area contributed by atoms with Gasteiger partial charge in [0, 0.05) is 5.02 Å². The molecule has 1 nitrogen and oxygen atoms in total. The molecule has 0 spiro atoms.